The monoisotopic (exact) mass is 420 g/mol. The van der Waals surface area contributed by atoms with Gasteiger partial charge in [-0.15, -0.1) is 0 Å². The molecule has 0 aromatic heterocycles. The number of aryl methyl sites for hydroxylation is 1. The third kappa shape index (κ3) is 5.02. The first kappa shape index (κ1) is 22.6. The van der Waals surface area contributed by atoms with Crippen molar-refractivity contribution in [3.8, 4) is 0 Å². The van der Waals surface area contributed by atoms with Gasteiger partial charge in [0, 0.05) is 24.8 Å². The summed E-state index contributed by atoms with van der Waals surface area (Å²) in [5, 5.41) is 0. The SMILES string of the molecule is CC(=O)Cc1cc(CC(=O)Cc2c(F)c(F)c(C(F)(F)F)c(F)c2F)ccc1C. The molecule has 0 aliphatic carbocycles. The van der Waals surface area contributed by atoms with E-state index in [-0.39, 0.29) is 12.2 Å². The standard InChI is InChI=1S/C20H15F7O2/c1-9-3-4-11(6-12(9)5-10(2)28)7-13(29)8-14-16(21)18(23)15(20(25,26)27)19(24)17(14)22/h3-4,6H,5,7-8H2,1-2H3. The maximum atomic E-state index is 13.9. The Hall–Kier alpha value is -2.71. The molecule has 0 atom stereocenters. The third-order valence-electron chi connectivity index (χ3n) is 4.27. The molecule has 0 saturated heterocycles. The largest absolute Gasteiger partial charge is 0.422 e. The summed E-state index contributed by atoms with van der Waals surface area (Å²) in [5.74, 6) is -10.7. The van der Waals surface area contributed by atoms with E-state index in [9.17, 15) is 40.3 Å². The quantitative estimate of drug-likeness (QED) is 0.484. The minimum Gasteiger partial charge on any atom is -0.300 e. The minimum atomic E-state index is -5.65. The van der Waals surface area contributed by atoms with E-state index in [1.807, 2.05) is 0 Å². The molecule has 0 saturated carbocycles. The fraction of sp³-hybridized carbons (Fsp3) is 0.300. The highest BCUT2D eigenvalue weighted by Crippen LogP contribution is 2.37. The lowest BCUT2D eigenvalue weighted by Crippen LogP contribution is -2.19. The van der Waals surface area contributed by atoms with Crippen molar-refractivity contribution in [1.29, 1.82) is 0 Å². The summed E-state index contributed by atoms with van der Waals surface area (Å²) in [6, 6.07) is 4.69. The number of carbonyl (C=O) groups excluding carboxylic acids is 2. The molecule has 9 heteroatoms. The number of halogens is 7. The van der Waals surface area contributed by atoms with Crippen LogP contribution in [0.15, 0.2) is 18.2 Å². The number of Topliss-reactive ketones (excluding diaryl/α,β-unsaturated/α-hetero) is 2. The average Bonchev–Trinajstić information content (AvgIpc) is 2.58. The van der Waals surface area contributed by atoms with E-state index in [2.05, 4.69) is 0 Å². The molecule has 0 unspecified atom stereocenters. The topological polar surface area (TPSA) is 34.1 Å². The molecular formula is C20H15F7O2. The number of hydrogen-bond donors (Lipinski definition) is 0. The van der Waals surface area contributed by atoms with Gasteiger partial charge in [0.2, 0.25) is 0 Å². The van der Waals surface area contributed by atoms with Crippen LogP contribution in [-0.2, 0) is 35.0 Å². The molecule has 0 aliphatic heterocycles. The van der Waals surface area contributed by atoms with Gasteiger partial charge in [-0.25, -0.2) is 17.6 Å². The zero-order valence-corrected chi connectivity index (χ0v) is 15.3. The zero-order chi connectivity index (χ0) is 22.1. The van der Waals surface area contributed by atoms with Crippen molar-refractivity contribution < 1.29 is 40.3 Å². The molecule has 2 aromatic carbocycles. The lowest BCUT2D eigenvalue weighted by Gasteiger charge is -2.14. The van der Waals surface area contributed by atoms with Gasteiger partial charge in [-0.2, -0.15) is 13.2 Å². The number of hydrogen-bond acceptors (Lipinski definition) is 2. The first-order chi connectivity index (χ1) is 13.3. The summed E-state index contributed by atoms with van der Waals surface area (Å²) in [4.78, 5) is 23.4. The Bertz CT molecular complexity index is 949. The summed E-state index contributed by atoms with van der Waals surface area (Å²) in [6.45, 7) is 3.11. The molecule has 0 aliphatic rings. The summed E-state index contributed by atoms with van der Waals surface area (Å²) in [5.41, 5.74) is -2.30. The van der Waals surface area contributed by atoms with Crippen LogP contribution in [-0.4, -0.2) is 11.6 Å². The zero-order valence-electron chi connectivity index (χ0n) is 15.3. The maximum Gasteiger partial charge on any atom is 0.422 e. The molecule has 0 amide bonds. The van der Waals surface area contributed by atoms with Crippen LogP contribution in [0.2, 0.25) is 0 Å². The van der Waals surface area contributed by atoms with Gasteiger partial charge in [0.15, 0.2) is 23.3 Å². The molecule has 2 aromatic rings. The summed E-state index contributed by atoms with van der Waals surface area (Å²) >= 11 is 0. The van der Waals surface area contributed by atoms with Crippen LogP contribution in [0.4, 0.5) is 30.7 Å². The van der Waals surface area contributed by atoms with Gasteiger partial charge in [-0.3, -0.25) is 9.59 Å². The Kier molecular flexibility index (Phi) is 6.50. The van der Waals surface area contributed by atoms with E-state index in [1.54, 1.807) is 13.0 Å². The van der Waals surface area contributed by atoms with Crippen LogP contribution in [0.25, 0.3) is 0 Å². The third-order valence-corrected chi connectivity index (χ3v) is 4.27. The van der Waals surface area contributed by atoms with Crippen molar-refractivity contribution in [1.82, 2.24) is 0 Å². The summed E-state index contributed by atoms with van der Waals surface area (Å²) in [7, 11) is 0. The van der Waals surface area contributed by atoms with Crippen LogP contribution in [0.1, 0.15) is 34.7 Å². The van der Waals surface area contributed by atoms with Gasteiger partial charge in [-0.1, -0.05) is 18.2 Å². The molecule has 156 valence electrons. The number of carbonyl (C=O) groups is 2. The fourth-order valence-corrected chi connectivity index (χ4v) is 2.86. The van der Waals surface area contributed by atoms with Crippen LogP contribution in [0.5, 0.6) is 0 Å². The van der Waals surface area contributed by atoms with Gasteiger partial charge in [0.1, 0.15) is 17.1 Å². The first-order valence-corrected chi connectivity index (χ1v) is 8.34. The van der Waals surface area contributed by atoms with E-state index in [0.717, 1.165) is 5.56 Å². The summed E-state index contributed by atoms with van der Waals surface area (Å²) < 4.78 is 93.0. The molecule has 2 nitrogen and oxygen atoms in total. The molecule has 0 radical (unpaired) electrons. The molecular weight excluding hydrogens is 405 g/mol. The second-order valence-corrected chi connectivity index (χ2v) is 6.64. The highest BCUT2D eigenvalue weighted by atomic mass is 19.4. The van der Waals surface area contributed by atoms with E-state index in [4.69, 9.17) is 0 Å². The predicted octanol–water partition coefficient (Wildman–Crippen LogP) is 5.06. The Balaban J connectivity index is 2.32. The van der Waals surface area contributed by atoms with E-state index in [1.165, 1.54) is 19.1 Å². The Morgan fingerprint density at radius 3 is 1.90 bits per heavy atom. The van der Waals surface area contributed by atoms with Gasteiger partial charge in [-0.05, 0) is 30.5 Å². The van der Waals surface area contributed by atoms with Crippen LogP contribution in [0.3, 0.4) is 0 Å². The van der Waals surface area contributed by atoms with Crippen molar-refractivity contribution in [2.45, 2.75) is 39.3 Å². The van der Waals surface area contributed by atoms with Gasteiger partial charge >= 0.3 is 6.18 Å². The van der Waals surface area contributed by atoms with Gasteiger partial charge < -0.3 is 0 Å². The lowest BCUT2D eigenvalue weighted by atomic mass is 9.96. The van der Waals surface area contributed by atoms with E-state index >= 15 is 0 Å². The van der Waals surface area contributed by atoms with Crippen molar-refractivity contribution in [3.05, 3.63) is 69.3 Å². The molecule has 0 heterocycles. The van der Waals surface area contributed by atoms with Crippen LogP contribution >= 0.6 is 0 Å². The van der Waals surface area contributed by atoms with E-state index < -0.39 is 59.2 Å². The van der Waals surface area contributed by atoms with Crippen molar-refractivity contribution in [2.75, 3.05) is 0 Å². The molecule has 0 fully saturated rings. The number of ketones is 2. The second kappa shape index (κ2) is 8.34. The maximum absolute atomic E-state index is 13.9. The van der Waals surface area contributed by atoms with E-state index in [0.29, 0.717) is 11.1 Å². The average molecular weight is 420 g/mol. The molecule has 29 heavy (non-hydrogen) atoms. The Morgan fingerprint density at radius 1 is 0.862 bits per heavy atom. The van der Waals surface area contributed by atoms with Gasteiger partial charge in [0.25, 0.3) is 0 Å². The molecule has 0 N–H and O–H groups in total. The molecule has 2 rings (SSSR count). The second-order valence-electron chi connectivity index (χ2n) is 6.64. The normalized spacial score (nSPS) is 11.6. The highest BCUT2D eigenvalue weighted by molar-refractivity contribution is 5.83. The van der Waals surface area contributed by atoms with Crippen molar-refractivity contribution in [3.63, 3.8) is 0 Å². The van der Waals surface area contributed by atoms with Crippen molar-refractivity contribution in [2.24, 2.45) is 0 Å². The van der Waals surface area contributed by atoms with Crippen molar-refractivity contribution >= 4 is 11.6 Å². The molecule has 0 spiro atoms. The number of rotatable bonds is 6. The summed E-state index contributed by atoms with van der Waals surface area (Å²) in [6.07, 6.45) is -7.08. The fourth-order valence-electron chi connectivity index (χ4n) is 2.86. The van der Waals surface area contributed by atoms with Crippen LogP contribution in [0, 0.1) is 30.2 Å². The first-order valence-electron chi connectivity index (χ1n) is 8.34. The predicted molar refractivity (Wildman–Crippen MR) is 89.3 cm³/mol. The minimum absolute atomic E-state index is 0.104. The van der Waals surface area contributed by atoms with Crippen LogP contribution < -0.4 is 0 Å². The lowest BCUT2D eigenvalue weighted by molar-refractivity contribution is -0.143. The smallest absolute Gasteiger partial charge is 0.300 e. The highest BCUT2D eigenvalue weighted by Gasteiger charge is 2.42. The number of benzene rings is 2. The van der Waals surface area contributed by atoms with Gasteiger partial charge in [0.05, 0.1) is 0 Å². The Labute approximate surface area is 161 Å². The number of alkyl halides is 3. The molecule has 0 bridgehead atoms. The Morgan fingerprint density at radius 2 is 1.41 bits per heavy atom.